The first-order chi connectivity index (χ1) is 8.97. The maximum absolute atomic E-state index is 12.3. The second kappa shape index (κ2) is 5.48. The molecule has 0 aliphatic carbocycles. The Balaban J connectivity index is 2.09. The van der Waals surface area contributed by atoms with Crippen LogP contribution in [0.5, 0.6) is 5.75 Å². The Morgan fingerprint density at radius 2 is 2.21 bits per heavy atom. The minimum Gasteiger partial charge on any atom is -0.508 e. The van der Waals surface area contributed by atoms with Gasteiger partial charge in [0.25, 0.3) is 5.91 Å². The monoisotopic (exact) mass is 282 g/mol. The van der Waals surface area contributed by atoms with Crippen molar-refractivity contribution in [2.75, 3.05) is 13.1 Å². The summed E-state index contributed by atoms with van der Waals surface area (Å²) >= 11 is 5.96. The van der Waals surface area contributed by atoms with Gasteiger partial charge in [0.05, 0.1) is 10.6 Å². The van der Waals surface area contributed by atoms with Crippen LogP contribution >= 0.6 is 11.6 Å². The quantitative estimate of drug-likeness (QED) is 0.861. The number of phenolic OH excluding ortho intramolecular Hbond substituents is 1. The minimum absolute atomic E-state index is 0.00496. The summed E-state index contributed by atoms with van der Waals surface area (Å²) in [6.07, 6.45) is 0.724. The highest BCUT2D eigenvalue weighted by Gasteiger charge is 2.28. The fourth-order valence-electron chi connectivity index (χ4n) is 2.20. The van der Waals surface area contributed by atoms with Crippen molar-refractivity contribution in [2.24, 2.45) is 0 Å². The third-order valence-corrected chi connectivity index (χ3v) is 3.39. The maximum Gasteiger partial charge on any atom is 0.255 e. The van der Waals surface area contributed by atoms with Crippen molar-refractivity contribution < 1.29 is 14.7 Å². The lowest BCUT2D eigenvalue weighted by Gasteiger charge is -2.17. The Morgan fingerprint density at radius 1 is 1.47 bits per heavy atom. The normalized spacial score (nSPS) is 18.4. The molecule has 2 amide bonds. The van der Waals surface area contributed by atoms with E-state index < -0.39 is 0 Å². The number of rotatable bonds is 2. The molecule has 0 bridgehead atoms. The molecule has 1 aliphatic heterocycles. The molecule has 1 heterocycles. The Hall–Kier alpha value is -1.75. The first kappa shape index (κ1) is 13.7. The van der Waals surface area contributed by atoms with Gasteiger partial charge in [-0.25, -0.2) is 0 Å². The number of aromatic hydroxyl groups is 1. The molecule has 0 aromatic heterocycles. The van der Waals surface area contributed by atoms with Crippen LogP contribution in [0.2, 0.25) is 5.02 Å². The zero-order valence-electron chi connectivity index (χ0n) is 10.5. The average molecular weight is 283 g/mol. The smallest absolute Gasteiger partial charge is 0.255 e. The summed E-state index contributed by atoms with van der Waals surface area (Å²) in [7, 11) is 0. The number of nitrogens with one attached hydrogen (secondary N) is 1. The Morgan fingerprint density at radius 3 is 2.89 bits per heavy atom. The predicted octanol–water partition coefficient (Wildman–Crippen LogP) is 1.40. The van der Waals surface area contributed by atoms with Gasteiger partial charge >= 0.3 is 0 Å². The molecular weight excluding hydrogens is 268 g/mol. The van der Waals surface area contributed by atoms with Gasteiger partial charge in [-0.15, -0.1) is 0 Å². The van der Waals surface area contributed by atoms with Crippen LogP contribution in [0.15, 0.2) is 18.2 Å². The summed E-state index contributed by atoms with van der Waals surface area (Å²) in [6.45, 7) is 2.48. The molecular formula is C13H15ClN2O3. The van der Waals surface area contributed by atoms with E-state index in [1.54, 1.807) is 4.90 Å². The van der Waals surface area contributed by atoms with Crippen molar-refractivity contribution >= 4 is 23.4 Å². The van der Waals surface area contributed by atoms with Crippen molar-refractivity contribution in [1.29, 1.82) is 0 Å². The van der Waals surface area contributed by atoms with Crippen LogP contribution in [0.1, 0.15) is 23.7 Å². The number of hydrogen-bond donors (Lipinski definition) is 2. The van der Waals surface area contributed by atoms with Crippen LogP contribution < -0.4 is 5.32 Å². The molecule has 1 saturated heterocycles. The minimum atomic E-state index is -0.228. The predicted molar refractivity (Wildman–Crippen MR) is 71.2 cm³/mol. The lowest BCUT2D eigenvalue weighted by Crippen LogP contribution is -2.37. The molecule has 0 radical (unpaired) electrons. The van der Waals surface area contributed by atoms with Gasteiger partial charge in [0.1, 0.15) is 5.75 Å². The van der Waals surface area contributed by atoms with Gasteiger partial charge in [0.2, 0.25) is 5.91 Å². The molecule has 1 aliphatic rings. The van der Waals surface area contributed by atoms with Crippen LogP contribution in [0.4, 0.5) is 0 Å². The van der Waals surface area contributed by atoms with Gasteiger partial charge in [-0.05, 0) is 24.6 Å². The van der Waals surface area contributed by atoms with Crippen LogP contribution in [-0.2, 0) is 4.79 Å². The van der Waals surface area contributed by atoms with Gasteiger partial charge in [0, 0.05) is 26.1 Å². The fourth-order valence-corrected chi connectivity index (χ4v) is 2.40. The number of benzene rings is 1. The van der Waals surface area contributed by atoms with E-state index in [0.717, 1.165) is 6.42 Å². The molecule has 0 spiro atoms. The number of phenols is 1. The van der Waals surface area contributed by atoms with Crippen molar-refractivity contribution in [3.05, 3.63) is 28.8 Å². The lowest BCUT2D eigenvalue weighted by atomic mass is 10.2. The summed E-state index contributed by atoms with van der Waals surface area (Å²) in [4.78, 5) is 24.9. The zero-order chi connectivity index (χ0) is 14.0. The summed E-state index contributed by atoms with van der Waals surface area (Å²) in [5, 5.41) is 12.5. The van der Waals surface area contributed by atoms with Crippen LogP contribution in [0.25, 0.3) is 0 Å². The second-order valence-corrected chi connectivity index (χ2v) is 5.01. The number of carbonyl (C=O) groups is 2. The summed E-state index contributed by atoms with van der Waals surface area (Å²) < 4.78 is 0. The Bertz CT molecular complexity index is 519. The molecule has 6 heteroatoms. The standard InChI is InChI=1S/C13H15ClN2O3/c1-8(17)15-9-4-5-16(7-9)13(19)11-6-10(18)2-3-12(11)14/h2-3,6,9,18H,4-5,7H2,1H3,(H,15,17). The first-order valence-corrected chi connectivity index (χ1v) is 6.40. The van der Waals surface area contributed by atoms with E-state index in [0.29, 0.717) is 18.1 Å². The van der Waals surface area contributed by atoms with Crippen LogP contribution in [0, 0.1) is 0 Å². The van der Waals surface area contributed by atoms with Crippen molar-refractivity contribution in [1.82, 2.24) is 10.2 Å². The van der Waals surface area contributed by atoms with E-state index in [4.69, 9.17) is 11.6 Å². The number of carbonyl (C=O) groups excluding carboxylic acids is 2. The van der Waals surface area contributed by atoms with Gasteiger partial charge in [-0.1, -0.05) is 11.6 Å². The first-order valence-electron chi connectivity index (χ1n) is 6.02. The van der Waals surface area contributed by atoms with E-state index in [1.807, 2.05) is 0 Å². The molecule has 1 unspecified atom stereocenters. The molecule has 2 N–H and O–H groups in total. The Kier molecular flexibility index (Phi) is 3.95. The fraction of sp³-hybridized carbons (Fsp3) is 0.385. The molecule has 5 nitrogen and oxygen atoms in total. The molecule has 1 aromatic rings. The van der Waals surface area contributed by atoms with Gasteiger partial charge < -0.3 is 15.3 Å². The highest BCUT2D eigenvalue weighted by Crippen LogP contribution is 2.24. The molecule has 102 valence electrons. The third kappa shape index (κ3) is 3.17. The van der Waals surface area contributed by atoms with Crippen LogP contribution in [-0.4, -0.2) is 41.0 Å². The molecule has 0 saturated carbocycles. The molecule has 1 fully saturated rings. The van der Waals surface area contributed by atoms with E-state index in [1.165, 1.54) is 25.1 Å². The highest BCUT2D eigenvalue weighted by molar-refractivity contribution is 6.33. The number of halogens is 1. The highest BCUT2D eigenvalue weighted by atomic mass is 35.5. The SMILES string of the molecule is CC(=O)NC1CCN(C(=O)c2cc(O)ccc2Cl)C1. The second-order valence-electron chi connectivity index (χ2n) is 4.60. The Labute approximate surface area is 116 Å². The average Bonchev–Trinajstić information content (AvgIpc) is 2.79. The van der Waals surface area contributed by atoms with E-state index >= 15 is 0 Å². The van der Waals surface area contributed by atoms with Crippen LogP contribution in [0.3, 0.4) is 0 Å². The number of amides is 2. The number of likely N-dealkylation sites (tertiary alicyclic amines) is 1. The maximum atomic E-state index is 12.3. The van der Waals surface area contributed by atoms with Gasteiger partial charge in [-0.2, -0.15) is 0 Å². The summed E-state index contributed by atoms with van der Waals surface area (Å²) in [6, 6.07) is 4.27. The van der Waals surface area contributed by atoms with E-state index in [2.05, 4.69) is 5.32 Å². The summed E-state index contributed by atoms with van der Waals surface area (Å²) in [5.74, 6) is -0.325. The molecule has 1 aromatic carbocycles. The summed E-state index contributed by atoms with van der Waals surface area (Å²) in [5.41, 5.74) is 0.283. The topological polar surface area (TPSA) is 69.6 Å². The van der Waals surface area contributed by atoms with Crippen molar-refractivity contribution in [3.63, 3.8) is 0 Å². The molecule has 2 rings (SSSR count). The van der Waals surface area contributed by atoms with Gasteiger partial charge in [-0.3, -0.25) is 9.59 Å². The van der Waals surface area contributed by atoms with Crippen molar-refractivity contribution in [2.45, 2.75) is 19.4 Å². The number of nitrogens with zero attached hydrogens (tertiary/aromatic N) is 1. The third-order valence-electron chi connectivity index (χ3n) is 3.06. The lowest BCUT2D eigenvalue weighted by molar-refractivity contribution is -0.119. The largest absolute Gasteiger partial charge is 0.508 e. The number of hydrogen-bond acceptors (Lipinski definition) is 3. The molecule has 19 heavy (non-hydrogen) atoms. The van der Waals surface area contributed by atoms with Crippen molar-refractivity contribution in [3.8, 4) is 5.75 Å². The zero-order valence-corrected chi connectivity index (χ0v) is 11.3. The molecule has 1 atom stereocenters. The van der Waals surface area contributed by atoms with E-state index in [9.17, 15) is 14.7 Å². The van der Waals surface area contributed by atoms with Gasteiger partial charge in [0.15, 0.2) is 0 Å². The van der Waals surface area contributed by atoms with E-state index in [-0.39, 0.29) is 29.2 Å².